The fraction of sp³-hybridized carbons (Fsp3) is 0.333. The van der Waals surface area contributed by atoms with Crippen molar-refractivity contribution >= 4 is 22.6 Å². The number of carbonyl (C=O) groups excluding carboxylic acids is 1. The molecular weight excluding hydrogens is 294 g/mol. The minimum absolute atomic E-state index is 0.0939. The Morgan fingerprint density at radius 3 is 2.65 bits per heavy atom. The molecular formula is C18H19NO4. The largest absolute Gasteiger partial charge is 0.480 e. The van der Waals surface area contributed by atoms with Crippen LogP contribution in [0, 0.1) is 0 Å². The van der Waals surface area contributed by atoms with Gasteiger partial charge in [-0.25, -0.2) is 4.79 Å². The molecule has 1 aliphatic rings. The van der Waals surface area contributed by atoms with Gasteiger partial charge in [0, 0.05) is 13.0 Å². The molecule has 0 aromatic heterocycles. The van der Waals surface area contributed by atoms with Gasteiger partial charge in [0.05, 0.1) is 12.5 Å². The number of carboxylic acid groups (broad SMARTS) is 1. The van der Waals surface area contributed by atoms with Crippen molar-refractivity contribution in [2.45, 2.75) is 31.4 Å². The van der Waals surface area contributed by atoms with Gasteiger partial charge in [-0.15, -0.1) is 0 Å². The van der Waals surface area contributed by atoms with E-state index in [1.165, 1.54) is 4.90 Å². The standard InChI is InChI=1S/C18H19NO4/c20-14-8-9-19(16(11-14)18(22)23)17(21)10-13-6-3-5-12-4-1-2-7-15(12)13/h1-7,14,16,20H,8-11H2,(H,22,23)/t14-,16+/m1/s1. The van der Waals surface area contributed by atoms with Gasteiger partial charge in [-0.1, -0.05) is 42.5 Å². The van der Waals surface area contributed by atoms with Crippen LogP contribution in [0.15, 0.2) is 42.5 Å². The van der Waals surface area contributed by atoms with Crippen LogP contribution in [0.3, 0.4) is 0 Å². The lowest BCUT2D eigenvalue weighted by Gasteiger charge is -2.35. The molecule has 23 heavy (non-hydrogen) atoms. The van der Waals surface area contributed by atoms with Gasteiger partial charge in [0.25, 0.3) is 0 Å². The second kappa shape index (κ2) is 6.38. The number of aliphatic carboxylic acids is 1. The molecule has 1 heterocycles. The molecule has 1 aliphatic heterocycles. The molecule has 2 aromatic carbocycles. The average Bonchev–Trinajstić information content (AvgIpc) is 2.55. The smallest absolute Gasteiger partial charge is 0.326 e. The SMILES string of the molecule is O=C(O)[C@@H]1C[C@H](O)CCN1C(=O)Cc1cccc2ccccc12. The Hall–Kier alpha value is -2.40. The minimum Gasteiger partial charge on any atom is -0.480 e. The number of aliphatic hydroxyl groups excluding tert-OH is 1. The van der Waals surface area contributed by atoms with Crippen molar-refractivity contribution in [2.75, 3.05) is 6.54 Å². The highest BCUT2D eigenvalue weighted by molar-refractivity contribution is 5.91. The predicted molar refractivity (Wildman–Crippen MR) is 86.0 cm³/mol. The summed E-state index contributed by atoms with van der Waals surface area (Å²) in [4.78, 5) is 25.4. The van der Waals surface area contributed by atoms with E-state index in [-0.39, 0.29) is 25.3 Å². The molecule has 5 nitrogen and oxygen atoms in total. The maximum atomic E-state index is 12.6. The molecule has 0 bridgehead atoms. The Morgan fingerprint density at radius 2 is 1.87 bits per heavy atom. The van der Waals surface area contributed by atoms with E-state index in [0.717, 1.165) is 16.3 Å². The number of carboxylic acids is 1. The second-order valence-electron chi connectivity index (χ2n) is 5.93. The maximum Gasteiger partial charge on any atom is 0.326 e. The number of amides is 1. The number of nitrogens with zero attached hydrogens (tertiary/aromatic N) is 1. The Morgan fingerprint density at radius 1 is 1.13 bits per heavy atom. The first-order chi connectivity index (χ1) is 11.1. The van der Waals surface area contributed by atoms with Gasteiger partial charge in [0.1, 0.15) is 6.04 Å². The summed E-state index contributed by atoms with van der Waals surface area (Å²) in [5, 5.41) is 21.0. The number of hydrogen-bond acceptors (Lipinski definition) is 3. The van der Waals surface area contributed by atoms with E-state index in [1.54, 1.807) is 0 Å². The van der Waals surface area contributed by atoms with Crippen molar-refractivity contribution in [2.24, 2.45) is 0 Å². The Labute approximate surface area is 134 Å². The lowest BCUT2D eigenvalue weighted by molar-refractivity contribution is -0.154. The molecule has 0 saturated carbocycles. The van der Waals surface area contributed by atoms with Crippen LogP contribution in [0.5, 0.6) is 0 Å². The van der Waals surface area contributed by atoms with Crippen molar-refractivity contribution in [3.63, 3.8) is 0 Å². The molecule has 1 amide bonds. The van der Waals surface area contributed by atoms with Gasteiger partial charge >= 0.3 is 5.97 Å². The molecule has 3 rings (SSSR count). The molecule has 120 valence electrons. The quantitative estimate of drug-likeness (QED) is 0.906. The number of piperidine rings is 1. The first-order valence-corrected chi connectivity index (χ1v) is 7.73. The summed E-state index contributed by atoms with van der Waals surface area (Å²) in [7, 11) is 0. The molecule has 2 N–H and O–H groups in total. The number of aliphatic hydroxyl groups is 1. The normalized spacial score (nSPS) is 21.3. The Balaban J connectivity index is 1.84. The van der Waals surface area contributed by atoms with Crippen LogP contribution >= 0.6 is 0 Å². The van der Waals surface area contributed by atoms with Crippen molar-refractivity contribution in [3.05, 3.63) is 48.0 Å². The summed E-state index contributed by atoms with van der Waals surface area (Å²) in [5.41, 5.74) is 0.892. The van der Waals surface area contributed by atoms with Crippen LogP contribution < -0.4 is 0 Å². The van der Waals surface area contributed by atoms with E-state index >= 15 is 0 Å². The monoisotopic (exact) mass is 313 g/mol. The van der Waals surface area contributed by atoms with Gasteiger partial charge in [0.2, 0.25) is 5.91 Å². The van der Waals surface area contributed by atoms with Crippen molar-refractivity contribution < 1.29 is 19.8 Å². The third-order valence-electron chi connectivity index (χ3n) is 4.40. The number of likely N-dealkylation sites (tertiary alicyclic amines) is 1. The number of fused-ring (bicyclic) bond motifs is 1. The van der Waals surface area contributed by atoms with Crippen LogP contribution in [-0.4, -0.2) is 45.7 Å². The zero-order chi connectivity index (χ0) is 16.4. The van der Waals surface area contributed by atoms with Crippen LogP contribution in [0.25, 0.3) is 10.8 Å². The molecule has 5 heteroatoms. The summed E-state index contributed by atoms with van der Waals surface area (Å²) < 4.78 is 0. The third-order valence-corrected chi connectivity index (χ3v) is 4.40. The highest BCUT2D eigenvalue weighted by atomic mass is 16.4. The number of hydrogen-bond donors (Lipinski definition) is 2. The molecule has 2 atom stereocenters. The van der Waals surface area contributed by atoms with E-state index < -0.39 is 18.1 Å². The summed E-state index contributed by atoms with van der Waals surface area (Å²) in [6.45, 7) is 0.279. The fourth-order valence-corrected chi connectivity index (χ4v) is 3.19. The Bertz CT molecular complexity index is 737. The van der Waals surface area contributed by atoms with E-state index in [9.17, 15) is 19.8 Å². The van der Waals surface area contributed by atoms with Gasteiger partial charge in [-0.05, 0) is 22.8 Å². The lowest BCUT2D eigenvalue weighted by atomic mass is 9.97. The van der Waals surface area contributed by atoms with Crippen LogP contribution in [0.4, 0.5) is 0 Å². The van der Waals surface area contributed by atoms with Crippen LogP contribution in [0.1, 0.15) is 18.4 Å². The second-order valence-corrected chi connectivity index (χ2v) is 5.93. The van der Waals surface area contributed by atoms with Crippen LogP contribution in [0.2, 0.25) is 0 Å². The van der Waals surface area contributed by atoms with Crippen molar-refractivity contribution in [1.29, 1.82) is 0 Å². The van der Waals surface area contributed by atoms with E-state index in [2.05, 4.69) is 0 Å². The Kier molecular flexibility index (Phi) is 4.30. The molecule has 0 aliphatic carbocycles. The summed E-state index contributed by atoms with van der Waals surface area (Å²) >= 11 is 0. The summed E-state index contributed by atoms with van der Waals surface area (Å²) in [6.07, 6.45) is 0.0285. The third kappa shape index (κ3) is 3.19. The molecule has 2 aromatic rings. The maximum absolute atomic E-state index is 12.6. The summed E-state index contributed by atoms with van der Waals surface area (Å²) in [5.74, 6) is -1.27. The van der Waals surface area contributed by atoms with E-state index in [4.69, 9.17) is 0 Å². The van der Waals surface area contributed by atoms with E-state index in [1.807, 2.05) is 42.5 Å². The fourth-order valence-electron chi connectivity index (χ4n) is 3.19. The molecule has 1 fully saturated rings. The van der Waals surface area contributed by atoms with Gasteiger partial charge < -0.3 is 15.1 Å². The van der Waals surface area contributed by atoms with Crippen molar-refractivity contribution in [1.82, 2.24) is 4.90 Å². The first-order valence-electron chi connectivity index (χ1n) is 7.73. The zero-order valence-electron chi connectivity index (χ0n) is 12.7. The molecule has 0 spiro atoms. The van der Waals surface area contributed by atoms with E-state index in [0.29, 0.717) is 6.42 Å². The van der Waals surface area contributed by atoms with Gasteiger partial charge in [-0.3, -0.25) is 4.79 Å². The number of benzene rings is 2. The zero-order valence-corrected chi connectivity index (χ0v) is 12.7. The predicted octanol–water partition coefficient (Wildman–Crippen LogP) is 1.82. The molecule has 0 unspecified atom stereocenters. The molecule has 0 radical (unpaired) electrons. The number of carbonyl (C=O) groups is 2. The highest BCUT2D eigenvalue weighted by Gasteiger charge is 2.35. The van der Waals surface area contributed by atoms with Gasteiger partial charge in [-0.2, -0.15) is 0 Å². The summed E-state index contributed by atoms with van der Waals surface area (Å²) in [6, 6.07) is 12.7. The van der Waals surface area contributed by atoms with Gasteiger partial charge in [0.15, 0.2) is 0 Å². The first kappa shape index (κ1) is 15.5. The minimum atomic E-state index is -1.06. The highest BCUT2D eigenvalue weighted by Crippen LogP contribution is 2.22. The molecule has 1 saturated heterocycles. The topological polar surface area (TPSA) is 77.8 Å². The average molecular weight is 313 g/mol. The lowest BCUT2D eigenvalue weighted by Crippen LogP contribution is -2.51. The van der Waals surface area contributed by atoms with Crippen LogP contribution in [-0.2, 0) is 16.0 Å². The van der Waals surface area contributed by atoms with Crippen molar-refractivity contribution in [3.8, 4) is 0 Å². The number of rotatable bonds is 3.